The number of fused-ring (bicyclic) bond motifs is 1. The van der Waals surface area contributed by atoms with E-state index in [9.17, 15) is 4.79 Å². The van der Waals surface area contributed by atoms with Gasteiger partial charge in [0, 0.05) is 11.3 Å². The van der Waals surface area contributed by atoms with E-state index in [0.717, 1.165) is 11.3 Å². The highest BCUT2D eigenvalue weighted by atomic mass is 16.1. The van der Waals surface area contributed by atoms with Crippen LogP contribution in [0.5, 0.6) is 0 Å². The summed E-state index contributed by atoms with van der Waals surface area (Å²) in [5, 5.41) is 0.594. The van der Waals surface area contributed by atoms with Crippen LogP contribution in [-0.4, -0.2) is 9.97 Å². The number of aromatic amines is 2. The van der Waals surface area contributed by atoms with E-state index in [-0.39, 0.29) is 5.43 Å². The first kappa shape index (κ1) is 10.7. The van der Waals surface area contributed by atoms with Gasteiger partial charge in [0.15, 0.2) is 5.43 Å². The molecule has 0 radical (unpaired) electrons. The van der Waals surface area contributed by atoms with Crippen molar-refractivity contribution in [3.05, 3.63) is 52.3 Å². The molecule has 0 atom stereocenters. The van der Waals surface area contributed by atoms with Gasteiger partial charge in [0.05, 0.1) is 5.39 Å². The second-order valence-corrected chi connectivity index (χ2v) is 4.33. The molecule has 4 heteroatoms. The van der Waals surface area contributed by atoms with E-state index < -0.39 is 0 Å². The molecule has 90 valence electrons. The number of aromatic nitrogens is 2. The molecule has 3 aromatic rings. The van der Waals surface area contributed by atoms with E-state index in [2.05, 4.69) is 9.97 Å². The van der Waals surface area contributed by atoms with Gasteiger partial charge < -0.3 is 15.7 Å². The van der Waals surface area contributed by atoms with Crippen molar-refractivity contribution in [3.8, 4) is 11.1 Å². The number of anilines is 1. The van der Waals surface area contributed by atoms with E-state index >= 15 is 0 Å². The molecule has 0 fully saturated rings. The maximum absolute atomic E-state index is 12.5. The molecule has 1 aromatic carbocycles. The lowest BCUT2D eigenvalue weighted by molar-refractivity contribution is 1.21. The molecule has 4 N–H and O–H groups in total. The first-order chi connectivity index (χ1) is 8.66. The molecule has 0 aliphatic heterocycles. The molecule has 2 heterocycles. The maximum atomic E-state index is 12.5. The van der Waals surface area contributed by atoms with Crippen molar-refractivity contribution >= 4 is 16.9 Å². The number of hydrogen-bond donors (Lipinski definition) is 3. The molecule has 0 aliphatic carbocycles. The van der Waals surface area contributed by atoms with Crippen molar-refractivity contribution in [2.45, 2.75) is 6.92 Å². The average Bonchev–Trinajstić information content (AvgIpc) is 2.71. The number of H-pyrrole nitrogens is 2. The van der Waals surface area contributed by atoms with Crippen LogP contribution in [0.15, 0.2) is 41.2 Å². The molecule has 18 heavy (non-hydrogen) atoms. The lowest BCUT2D eigenvalue weighted by atomic mass is 10.0. The van der Waals surface area contributed by atoms with Crippen LogP contribution in [0.4, 0.5) is 5.82 Å². The first-order valence-corrected chi connectivity index (χ1v) is 5.73. The number of pyridine rings is 1. The zero-order chi connectivity index (χ0) is 12.7. The molecule has 0 spiro atoms. The Morgan fingerprint density at radius 2 is 1.83 bits per heavy atom. The Balaban J connectivity index is 2.40. The predicted molar refractivity (Wildman–Crippen MR) is 73.5 cm³/mol. The van der Waals surface area contributed by atoms with E-state index in [0.29, 0.717) is 22.4 Å². The number of benzene rings is 1. The third kappa shape index (κ3) is 1.50. The first-order valence-electron chi connectivity index (χ1n) is 5.73. The summed E-state index contributed by atoms with van der Waals surface area (Å²) in [6.07, 6.45) is 0. The minimum Gasteiger partial charge on any atom is -0.385 e. The molecule has 0 aliphatic rings. The largest absolute Gasteiger partial charge is 0.385 e. The minimum atomic E-state index is 0.000370. The van der Waals surface area contributed by atoms with Crippen molar-refractivity contribution in [1.82, 2.24) is 9.97 Å². The van der Waals surface area contributed by atoms with Crippen LogP contribution in [0.3, 0.4) is 0 Å². The van der Waals surface area contributed by atoms with Gasteiger partial charge in [-0.15, -0.1) is 0 Å². The highest BCUT2D eigenvalue weighted by Gasteiger charge is 2.12. The van der Waals surface area contributed by atoms with E-state index in [1.54, 1.807) is 6.07 Å². The summed E-state index contributed by atoms with van der Waals surface area (Å²) in [7, 11) is 0. The fourth-order valence-corrected chi connectivity index (χ4v) is 2.26. The summed E-state index contributed by atoms with van der Waals surface area (Å²) in [4.78, 5) is 18.6. The van der Waals surface area contributed by atoms with E-state index in [4.69, 9.17) is 5.73 Å². The second kappa shape index (κ2) is 3.77. The van der Waals surface area contributed by atoms with Gasteiger partial charge in [-0.25, -0.2) is 0 Å². The van der Waals surface area contributed by atoms with Gasteiger partial charge in [-0.1, -0.05) is 30.3 Å². The van der Waals surface area contributed by atoms with Gasteiger partial charge in [-0.05, 0) is 18.6 Å². The summed E-state index contributed by atoms with van der Waals surface area (Å²) < 4.78 is 0. The van der Waals surface area contributed by atoms with Crippen LogP contribution in [0, 0.1) is 6.92 Å². The summed E-state index contributed by atoms with van der Waals surface area (Å²) in [6.45, 7) is 1.89. The van der Waals surface area contributed by atoms with Crippen molar-refractivity contribution in [1.29, 1.82) is 0 Å². The van der Waals surface area contributed by atoms with Gasteiger partial charge in [-0.3, -0.25) is 4.79 Å². The normalized spacial score (nSPS) is 10.9. The minimum absolute atomic E-state index is 0.000370. The molecule has 3 rings (SSSR count). The van der Waals surface area contributed by atoms with Crippen LogP contribution in [-0.2, 0) is 0 Å². The maximum Gasteiger partial charge on any atom is 0.199 e. The Morgan fingerprint density at radius 3 is 2.56 bits per heavy atom. The molecule has 0 amide bonds. The third-order valence-electron chi connectivity index (χ3n) is 3.06. The summed E-state index contributed by atoms with van der Waals surface area (Å²) in [6, 6.07) is 11.3. The summed E-state index contributed by atoms with van der Waals surface area (Å²) >= 11 is 0. The third-order valence-corrected chi connectivity index (χ3v) is 3.06. The number of nitrogens with one attached hydrogen (secondary N) is 2. The molecule has 0 saturated carbocycles. The molecular formula is C14H13N3O. The Hall–Kier alpha value is -2.49. The van der Waals surface area contributed by atoms with Crippen LogP contribution < -0.4 is 11.2 Å². The Morgan fingerprint density at radius 1 is 1.11 bits per heavy atom. The smallest absolute Gasteiger partial charge is 0.199 e. The standard InChI is InChI=1S/C14H13N3O/c1-8-12(9-5-3-2-4-6-9)13(18)10-7-11(15)17-14(10)16-8/h2-7H,15H2,1H3,(H2,16,17,18). The van der Waals surface area contributed by atoms with Crippen LogP contribution in [0.1, 0.15) is 5.69 Å². The number of nitrogens with two attached hydrogens (primary N) is 1. The van der Waals surface area contributed by atoms with Crippen molar-refractivity contribution in [3.63, 3.8) is 0 Å². The van der Waals surface area contributed by atoms with Crippen molar-refractivity contribution in [2.75, 3.05) is 5.73 Å². The van der Waals surface area contributed by atoms with Gasteiger partial charge in [0.25, 0.3) is 0 Å². The average molecular weight is 239 g/mol. The quantitative estimate of drug-likeness (QED) is 0.610. The van der Waals surface area contributed by atoms with E-state index in [1.807, 2.05) is 37.3 Å². The highest BCUT2D eigenvalue weighted by Crippen LogP contribution is 2.21. The summed E-state index contributed by atoms with van der Waals surface area (Å²) in [5.41, 5.74) is 8.80. The van der Waals surface area contributed by atoms with Crippen molar-refractivity contribution < 1.29 is 0 Å². The molecule has 4 nitrogen and oxygen atoms in total. The topological polar surface area (TPSA) is 74.7 Å². The Labute approximate surface area is 103 Å². The number of rotatable bonds is 1. The van der Waals surface area contributed by atoms with Gasteiger partial charge in [0.2, 0.25) is 0 Å². The molecule has 2 aromatic heterocycles. The Bertz CT molecular complexity index is 769. The zero-order valence-electron chi connectivity index (χ0n) is 9.95. The van der Waals surface area contributed by atoms with Crippen LogP contribution >= 0.6 is 0 Å². The molecule has 0 bridgehead atoms. The van der Waals surface area contributed by atoms with Gasteiger partial charge >= 0.3 is 0 Å². The van der Waals surface area contributed by atoms with Gasteiger partial charge in [0.1, 0.15) is 11.5 Å². The molecular weight excluding hydrogens is 226 g/mol. The number of nitrogen functional groups attached to an aromatic ring is 1. The highest BCUT2D eigenvalue weighted by molar-refractivity contribution is 5.85. The second-order valence-electron chi connectivity index (χ2n) is 4.33. The van der Waals surface area contributed by atoms with Crippen molar-refractivity contribution in [2.24, 2.45) is 0 Å². The van der Waals surface area contributed by atoms with Gasteiger partial charge in [-0.2, -0.15) is 0 Å². The molecule has 0 saturated heterocycles. The lowest BCUT2D eigenvalue weighted by Crippen LogP contribution is -2.08. The fraction of sp³-hybridized carbons (Fsp3) is 0.0714. The lowest BCUT2D eigenvalue weighted by Gasteiger charge is -2.05. The van der Waals surface area contributed by atoms with Crippen LogP contribution in [0.25, 0.3) is 22.2 Å². The monoisotopic (exact) mass is 239 g/mol. The number of aryl methyl sites for hydroxylation is 1. The summed E-state index contributed by atoms with van der Waals surface area (Å²) in [5.74, 6) is 0.489. The van der Waals surface area contributed by atoms with Crippen LogP contribution in [0.2, 0.25) is 0 Å². The molecule has 0 unspecified atom stereocenters. The SMILES string of the molecule is Cc1[nH]c2[nH]c(N)cc2c(=O)c1-c1ccccc1. The fourth-order valence-electron chi connectivity index (χ4n) is 2.26. The van der Waals surface area contributed by atoms with E-state index in [1.165, 1.54) is 0 Å². The zero-order valence-corrected chi connectivity index (χ0v) is 9.95. The Kier molecular flexibility index (Phi) is 2.23. The number of hydrogen-bond acceptors (Lipinski definition) is 2. The predicted octanol–water partition coefficient (Wildman–Crippen LogP) is 2.41.